The molecule has 166 valence electrons. The molecule has 1 aromatic carbocycles. The Labute approximate surface area is 186 Å². The first-order valence-corrected chi connectivity index (χ1v) is 10.3. The molecular formula is C22H34ClN5O2. The number of aromatic nitrogens is 2. The highest BCUT2D eigenvalue weighted by Crippen LogP contribution is 2.31. The van der Waals surface area contributed by atoms with Gasteiger partial charge in [-0.25, -0.2) is 4.98 Å². The SMILES string of the molecule is COc1ccc(Nc2nccc(NC(C)(C)C)n2)cc1OCCCN1CCCC1.Cl. The van der Waals surface area contributed by atoms with Gasteiger partial charge in [-0.2, -0.15) is 4.98 Å². The lowest BCUT2D eigenvalue weighted by molar-refractivity contribution is 0.254. The lowest BCUT2D eigenvalue weighted by Gasteiger charge is -2.21. The third kappa shape index (κ3) is 7.54. The standard InChI is InChI=1S/C22H33N5O2.ClH/c1-22(2,3)26-20-10-11-23-21(25-20)24-17-8-9-18(28-4)19(16-17)29-15-7-14-27-12-5-6-13-27;/h8-11,16H,5-7,12-15H2,1-4H3,(H2,23,24,25,26);1H. The maximum Gasteiger partial charge on any atom is 0.229 e. The fraction of sp³-hybridized carbons (Fsp3) is 0.545. The molecule has 0 atom stereocenters. The summed E-state index contributed by atoms with van der Waals surface area (Å²) in [5.74, 6) is 2.76. The van der Waals surface area contributed by atoms with Crippen LogP contribution in [0, 0.1) is 0 Å². The number of halogens is 1. The molecule has 0 bridgehead atoms. The lowest BCUT2D eigenvalue weighted by atomic mass is 10.1. The van der Waals surface area contributed by atoms with E-state index in [0.29, 0.717) is 12.6 Å². The van der Waals surface area contributed by atoms with Crippen LogP contribution in [0.1, 0.15) is 40.0 Å². The molecule has 3 rings (SSSR count). The van der Waals surface area contributed by atoms with E-state index in [2.05, 4.69) is 46.3 Å². The van der Waals surface area contributed by atoms with Crippen molar-refractivity contribution in [1.82, 2.24) is 14.9 Å². The number of hydrogen-bond donors (Lipinski definition) is 2. The lowest BCUT2D eigenvalue weighted by Crippen LogP contribution is -2.26. The summed E-state index contributed by atoms with van der Waals surface area (Å²) in [6.07, 6.45) is 5.38. The Morgan fingerprint density at radius 2 is 1.87 bits per heavy atom. The summed E-state index contributed by atoms with van der Waals surface area (Å²) in [4.78, 5) is 11.3. The summed E-state index contributed by atoms with van der Waals surface area (Å²) < 4.78 is 11.5. The molecule has 1 saturated heterocycles. The summed E-state index contributed by atoms with van der Waals surface area (Å²) >= 11 is 0. The van der Waals surface area contributed by atoms with Gasteiger partial charge in [0.05, 0.1) is 13.7 Å². The van der Waals surface area contributed by atoms with E-state index in [1.807, 2.05) is 24.3 Å². The zero-order chi connectivity index (χ0) is 20.7. The average molecular weight is 436 g/mol. The van der Waals surface area contributed by atoms with Crippen LogP contribution in [0.4, 0.5) is 17.5 Å². The number of benzene rings is 1. The van der Waals surface area contributed by atoms with Gasteiger partial charge >= 0.3 is 0 Å². The minimum atomic E-state index is -0.0676. The number of hydrogen-bond acceptors (Lipinski definition) is 7. The van der Waals surface area contributed by atoms with Crippen LogP contribution in [0.15, 0.2) is 30.5 Å². The number of methoxy groups -OCH3 is 1. The molecule has 0 saturated carbocycles. The van der Waals surface area contributed by atoms with Crippen molar-refractivity contribution in [2.45, 2.75) is 45.6 Å². The van der Waals surface area contributed by atoms with Gasteiger partial charge in [0.25, 0.3) is 0 Å². The summed E-state index contributed by atoms with van der Waals surface area (Å²) in [5.41, 5.74) is 0.787. The van der Waals surface area contributed by atoms with E-state index in [1.165, 1.54) is 25.9 Å². The summed E-state index contributed by atoms with van der Waals surface area (Å²) in [7, 11) is 1.66. The molecule has 0 radical (unpaired) electrons. The quantitative estimate of drug-likeness (QED) is 0.552. The maximum absolute atomic E-state index is 6.01. The van der Waals surface area contributed by atoms with Crippen molar-refractivity contribution >= 4 is 29.9 Å². The summed E-state index contributed by atoms with van der Waals surface area (Å²) in [6.45, 7) is 10.5. The Balaban J connectivity index is 0.00000320. The van der Waals surface area contributed by atoms with E-state index in [4.69, 9.17) is 9.47 Å². The number of likely N-dealkylation sites (tertiary alicyclic amines) is 1. The van der Waals surface area contributed by atoms with Crippen molar-refractivity contribution in [3.05, 3.63) is 30.5 Å². The van der Waals surface area contributed by atoms with E-state index < -0.39 is 0 Å². The van der Waals surface area contributed by atoms with Crippen LogP contribution in [0.5, 0.6) is 11.5 Å². The third-order valence-corrected chi connectivity index (χ3v) is 4.65. The molecule has 1 aliphatic heterocycles. The topological polar surface area (TPSA) is 71.5 Å². The molecule has 0 aliphatic carbocycles. The van der Waals surface area contributed by atoms with Gasteiger partial charge in [0.1, 0.15) is 5.82 Å². The Bertz CT molecular complexity index is 791. The zero-order valence-electron chi connectivity index (χ0n) is 18.4. The Hall–Kier alpha value is -2.25. The molecule has 0 amide bonds. The van der Waals surface area contributed by atoms with Crippen molar-refractivity contribution in [3.63, 3.8) is 0 Å². The fourth-order valence-corrected chi connectivity index (χ4v) is 3.35. The minimum Gasteiger partial charge on any atom is -0.493 e. The summed E-state index contributed by atoms with van der Waals surface area (Å²) in [6, 6.07) is 7.62. The highest BCUT2D eigenvalue weighted by atomic mass is 35.5. The molecule has 2 N–H and O–H groups in total. The second kappa shape index (κ2) is 11.2. The van der Waals surface area contributed by atoms with E-state index >= 15 is 0 Å². The van der Waals surface area contributed by atoms with Crippen LogP contribution in [-0.2, 0) is 0 Å². The first-order valence-electron chi connectivity index (χ1n) is 10.3. The first-order chi connectivity index (χ1) is 13.9. The third-order valence-electron chi connectivity index (χ3n) is 4.65. The van der Waals surface area contributed by atoms with Gasteiger partial charge in [0, 0.05) is 30.0 Å². The predicted molar refractivity (Wildman–Crippen MR) is 125 cm³/mol. The number of ether oxygens (including phenoxy) is 2. The fourth-order valence-electron chi connectivity index (χ4n) is 3.35. The molecule has 1 aromatic heterocycles. The van der Waals surface area contributed by atoms with E-state index in [0.717, 1.165) is 36.0 Å². The number of nitrogens with one attached hydrogen (secondary N) is 2. The monoisotopic (exact) mass is 435 g/mol. The molecule has 8 heteroatoms. The average Bonchev–Trinajstić information content (AvgIpc) is 3.18. The highest BCUT2D eigenvalue weighted by Gasteiger charge is 2.13. The zero-order valence-corrected chi connectivity index (χ0v) is 19.2. The van der Waals surface area contributed by atoms with Crippen LogP contribution in [0.2, 0.25) is 0 Å². The van der Waals surface area contributed by atoms with Gasteiger partial charge < -0.3 is 25.0 Å². The molecule has 2 aromatic rings. The van der Waals surface area contributed by atoms with E-state index in [-0.39, 0.29) is 17.9 Å². The number of rotatable bonds is 9. The molecule has 1 fully saturated rings. The van der Waals surface area contributed by atoms with Crippen molar-refractivity contribution in [2.75, 3.05) is 44.0 Å². The van der Waals surface area contributed by atoms with Crippen molar-refractivity contribution in [1.29, 1.82) is 0 Å². The van der Waals surface area contributed by atoms with Crippen LogP contribution < -0.4 is 20.1 Å². The molecule has 30 heavy (non-hydrogen) atoms. The Kier molecular flexibility index (Phi) is 8.99. The van der Waals surface area contributed by atoms with Crippen LogP contribution in [0.3, 0.4) is 0 Å². The van der Waals surface area contributed by atoms with Gasteiger partial charge in [0.2, 0.25) is 5.95 Å². The molecular weight excluding hydrogens is 402 g/mol. The normalized spacial score (nSPS) is 14.1. The molecule has 2 heterocycles. The second-order valence-corrected chi connectivity index (χ2v) is 8.38. The number of nitrogens with zero attached hydrogens (tertiary/aromatic N) is 3. The van der Waals surface area contributed by atoms with E-state index in [9.17, 15) is 0 Å². The molecule has 0 unspecified atom stereocenters. The van der Waals surface area contributed by atoms with Crippen molar-refractivity contribution in [3.8, 4) is 11.5 Å². The second-order valence-electron chi connectivity index (χ2n) is 8.38. The predicted octanol–water partition coefficient (Wildman–Crippen LogP) is 4.73. The largest absolute Gasteiger partial charge is 0.493 e. The van der Waals surface area contributed by atoms with Gasteiger partial charge in [-0.1, -0.05) is 0 Å². The smallest absolute Gasteiger partial charge is 0.229 e. The number of anilines is 3. The highest BCUT2D eigenvalue weighted by molar-refractivity contribution is 5.85. The maximum atomic E-state index is 6.01. The first kappa shape index (κ1) is 24.0. The van der Waals surface area contributed by atoms with E-state index in [1.54, 1.807) is 13.3 Å². The Morgan fingerprint density at radius 3 is 2.57 bits per heavy atom. The summed E-state index contributed by atoms with van der Waals surface area (Å²) in [5, 5.41) is 6.61. The molecule has 7 nitrogen and oxygen atoms in total. The van der Waals surface area contributed by atoms with Gasteiger partial charge in [-0.05, 0) is 71.3 Å². The minimum absolute atomic E-state index is 0. The van der Waals surface area contributed by atoms with Crippen molar-refractivity contribution < 1.29 is 9.47 Å². The van der Waals surface area contributed by atoms with Crippen molar-refractivity contribution in [2.24, 2.45) is 0 Å². The van der Waals surface area contributed by atoms with Gasteiger partial charge in [-0.3, -0.25) is 0 Å². The van der Waals surface area contributed by atoms with Crippen LogP contribution in [-0.4, -0.2) is 53.8 Å². The molecule has 0 spiro atoms. The van der Waals surface area contributed by atoms with Gasteiger partial charge in [0.15, 0.2) is 11.5 Å². The van der Waals surface area contributed by atoms with Gasteiger partial charge in [-0.15, -0.1) is 12.4 Å². The van der Waals surface area contributed by atoms with Crippen LogP contribution >= 0.6 is 12.4 Å². The van der Waals surface area contributed by atoms with Crippen LogP contribution in [0.25, 0.3) is 0 Å². The Morgan fingerprint density at radius 1 is 1.10 bits per heavy atom. The molecule has 1 aliphatic rings.